The molecule has 0 aliphatic carbocycles. The second-order valence-corrected chi connectivity index (χ2v) is 4.77. The van der Waals surface area contributed by atoms with Crippen molar-refractivity contribution in [2.75, 3.05) is 5.73 Å². The molecule has 19 heavy (non-hydrogen) atoms. The van der Waals surface area contributed by atoms with Crippen LogP contribution in [0.5, 0.6) is 0 Å². The summed E-state index contributed by atoms with van der Waals surface area (Å²) < 4.78 is 6.21. The molecule has 5 nitrogen and oxygen atoms in total. The standard InChI is InChI=1S/C13H9BrN4O/c14-9-4-1-3-8(7-9)10-11(19-18-12(10)15)13-16-5-2-6-17-13/h1-7H,(H2,15,18). The van der Waals surface area contributed by atoms with E-state index >= 15 is 0 Å². The number of halogens is 1. The molecule has 0 unspecified atom stereocenters. The highest BCUT2D eigenvalue weighted by Gasteiger charge is 2.19. The molecule has 0 fully saturated rings. The van der Waals surface area contributed by atoms with Crippen molar-refractivity contribution >= 4 is 21.7 Å². The number of nitrogens with zero attached hydrogens (tertiary/aromatic N) is 3. The average molecular weight is 317 g/mol. The fourth-order valence-electron chi connectivity index (χ4n) is 1.79. The highest BCUT2D eigenvalue weighted by Crippen LogP contribution is 2.35. The first-order chi connectivity index (χ1) is 9.25. The molecule has 0 amide bonds. The Kier molecular flexibility index (Phi) is 3.00. The maximum atomic E-state index is 5.89. The van der Waals surface area contributed by atoms with Gasteiger partial charge in [-0.3, -0.25) is 0 Å². The van der Waals surface area contributed by atoms with E-state index in [4.69, 9.17) is 10.3 Å². The second kappa shape index (κ2) is 4.81. The van der Waals surface area contributed by atoms with Gasteiger partial charge in [0.25, 0.3) is 0 Å². The third-order valence-electron chi connectivity index (χ3n) is 2.60. The molecule has 3 rings (SSSR count). The van der Waals surface area contributed by atoms with Crippen molar-refractivity contribution in [1.82, 2.24) is 15.1 Å². The van der Waals surface area contributed by atoms with E-state index in [1.54, 1.807) is 18.5 Å². The molecule has 0 saturated carbocycles. The molecular weight excluding hydrogens is 308 g/mol. The Morgan fingerprint density at radius 2 is 1.89 bits per heavy atom. The van der Waals surface area contributed by atoms with Crippen molar-refractivity contribution in [1.29, 1.82) is 0 Å². The molecule has 0 atom stereocenters. The SMILES string of the molecule is Nc1noc(-c2ncccn2)c1-c1cccc(Br)c1. The minimum atomic E-state index is 0.320. The number of hydrogen-bond donors (Lipinski definition) is 1. The van der Waals surface area contributed by atoms with Crippen molar-refractivity contribution < 1.29 is 4.52 Å². The van der Waals surface area contributed by atoms with Gasteiger partial charge in [-0.2, -0.15) is 0 Å². The van der Waals surface area contributed by atoms with Gasteiger partial charge in [0.1, 0.15) is 0 Å². The van der Waals surface area contributed by atoms with E-state index in [2.05, 4.69) is 31.1 Å². The molecule has 0 spiro atoms. The van der Waals surface area contributed by atoms with E-state index in [0.29, 0.717) is 23.0 Å². The van der Waals surface area contributed by atoms with Crippen molar-refractivity contribution in [3.8, 4) is 22.7 Å². The van der Waals surface area contributed by atoms with Gasteiger partial charge in [-0.1, -0.05) is 33.2 Å². The number of aromatic nitrogens is 3. The minimum Gasteiger partial charge on any atom is -0.380 e. The number of nitrogens with two attached hydrogens (primary N) is 1. The Morgan fingerprint density at radius 3 is 2.63 bits per heavy atom. The zero-order valence-electron chi connectivity index (χ0n) is 9.75. The van der Waals surface area contributed by atoms with Gasteiger partial charge < -0.3 is 10.3 Å². The van der Waals surface area contributed by atoms with Gasteiger partial charge >= 0.3 is 0 Å². The highest BCUT2D eigenvalue weighted by atomic mass is 79.9. The summed E-state index contributed by atoms with van der Waals surface area (Å²) in [6.07, 6.45) is 3.29. The van der Waals surface area contributed by atoms with Crippen LogP contribution in [0.3, 0.4) is 0 Å². The summed E-state index contributed by atoms with van der Waals surface area (Å²) in [6.45, 7) is 0. The Labute approximate surface area is 117 Å². The molecule has 1 aromatic carbocycles. The minimum absolute atomic E-state index is 0.320. The lowest BCUT2D eigenvalue weighted by Gasteiger charge is -2.02. The molecule has 3 aromatic rings. The van der Waals surface area contributed by atoms with Crippen LogP contribution in [-0.2, 0) is 0 Å². The summed E-state index contributed by atoms with van der Waals surface area (Å²) in [5, 5.41) is 3.81. The molecule has 2 heterocycles. The van der Waals surface area contributed by atoms with Crippen LogP contribution >= 0.6 is 15.9 Å². The Morgan fingerprint density at radius 1 is 1.11 bits per heavy atom. The fourth-order valence-corrected chi connectivity index (χ4v) is 2.19. The molecule has 0 bridgehead atoms. The van der Waals surface area contributed by atoms with Crippen LogP contribution in [0.1, 0.15) is 0 Å². The molecule has 2 N–H and O–H groups in total. The quantitative estimate of drug-likeness (QED) is 0.785. The first kappa shape index (κ1) is 11.9. The third kappa shape index (κ3) is 2.22. The maximum absolute atomic E-state index is 5.89. The van der Waals surface area contributed by atoms with E-state index < -0.39 is 0 Å². The number of rotatable bonds is 2. The summed E-state index contributed by atoms with van der Waals surface area (Å²) in [6, 6.07) is 9.46. The predicted octanol–water partition coefficient (Wildman–Crippen LogP) is 3.14. The first-order valence-corrected chi connectivity index (χ1v) is 6.33. The fraction of sp³-hybridized carbons (Fsp3) is 0. The summed E-state index contributed by atoms with van der Waals surface area (Å²) >= 11 is 3.43. The molecule has 0 radical (unpaired) electrons. The van der Waals surface area contributed by atoms with Gasteiger partial charge in [-0.25, -0.2) is 9.97 Å². The molecule has 0 saturated heterocycles. The summed E-state index contributed by atoms with van der Waals surface area (Å²) in [7, 11) is 0. The van der Waals surface area contributed by atoms with Crippen LogP contribution < -0.4 is 5.73 Å². The van der Waals surface area contributed by atoms with Crippen molar-refractivity contribution in [2.24, 2.45) is 0 Å². The average Bonchev–Trinajstić information content (AvgIpc) is 2.82. The number of nitrogen functional groups attached to an aromatic ring is 1. The highest BCUT2D eigenvalue weighted by molar-refractivity contribution is 9.10. The monoisotopic (exact) mass is 316 g/mol. The van der Waals surface area contributed by atoms with Gasteiger partial charge in [0.05, 0.1) is 5.56 Å². The van der Waals surface area contributed by atoms with E-state index in [-0.39, 0.29) is 0 Å². The number of anilines is 1. The maximum Gasteiger partial charge on any atom is 0.214 e. The lowest BCUT2D eigenvalue weighted by Crippen LogP contribution is -1.91. The van der Waals surface area contributed by atoms with E-state index in [0.717, 1.165) is 10.0 Å². The van der Waals surface area contributed by atoms with E-state index in [1.807, 2.05) is 24.3 Å². The van der Waals surface area contributed by atoms with Crippen LogP contribution in [0, 0.1) is 0 Å². The largest absolute Gasteiger partial charge is 0.380 e. The first-order valence-electron chi connectivity index (χ1n) is 5.54. The molecular formula is C13H9BrN4O. The summed E-state index contributed by atoms with van der Waals surface area (Å²) in [5.74, 6) is 1.25. The molecule has 6 heteroatoms. The van der Waals surface area contributed by atoms with E-state index in [1.165, 1.54) is 0 Å². The van der Waals surface area contributed by atoms with Crippen LogP contribution in [0.25, 0.3) is 22.7 Å². The van der Waals surface area contributed by atoms with Gasteiger partial charge in [-0.05, 0) is 23.8 Å². The summed E-state index contributed by atoms with van der Waals surface area (Å²) in [4.78, 5) is 8.32. The van der Waals surface area contributed by atoms with Crippen LogP contribution in [0.4, 0.5) is 5.82 Å². The van der Waals surface area contributed by atoms with Crippen molar-refractivity contribution in [3.05, 3.63) is 47.2 Å². The topological polar surface area (TPSA) is 77.8 Å². The van der Waals surface area contributed by atoms with E-state index in [9.17, 15) is 0 Å². The zero-order valence-corrected chi connectivity index (χ0v) is 11.3. The smallest absolute Gasteiger partial charge is 0.214 e. The van der Waals surface area contributed by atoms with Gasteiger partial charge in [-0.15, -0.1) is 0 Å². The molecule has 0 aliphatic heterocycles. The van der Waals surface area contributed by atoms with Crippen molar-refractivity contribution in [3.63, 3.8) is 0 Å². The van der Waals surface area contributed by atoms with Crippen LogP contribution in [-0.4, -0.2) is 15.1 Å². The van der Waals surface area contributed by atoms with Crippen molar-refractivity contribution in [2.45, 2.75) is 0 Å². The van der Waals surface area contributed by atoms with Gasteiger partial charge in [0.2, 0.25) is 5.76 Å². The number of hydrogen-bond acceptors (Lipinski definition) is 5. The Balaban J connectivity index is 2.20. The van der Waals surface area contributed by atoms with Gasteiger partial charge in [0, 0.05) is 16.9 Å². The third-order valence-corrected chi connectivity index (χ3v) is 3.09. The number of benzene rings is 1. The molecule has 2 aromatic heterocycles. The normalized spacial score (nSPS) is 10.6. The van der Waals surface area contributed by atoms with Crippen LogP contribution in [0.15, 0.2) is 51.7 Å². The Bertz CT molecular complexity index is 712. The predicted molar refractivity (Wildman–Crippen MR) is 75.1 cm³/mol. The summed E-state index contributed by atoms with van der Waals surface area (Å²) in [5.41, 5.74) is 7.49. The second-order valence-electron chi connectivity index (χ2n) is 3.85. The lowest BCUT2D eigenvalue weighted by atomic mass is 10.1. The van der Waals surface area contributed by atoms with Crippen LogP contribution in [0.2, 0.25) is 0 Å². The van der Waals surface area contributed by atoms with Gasteiger partial charge in [0.15, 0.2) is 11.6 Å². The molecule has 0 aliphatic rings. The molecule has 94 valence electrons. The zero-order chi connectivity index (χ0) is 13.2. The Hall–Kier alpha value is -2.21. The lowest BCUT2D eigenvalue weighted by molar-refractivity contribution is 0.433.